The van der Waals surface area contributed by atoms with E-state index in [4.69, 9.17) is 43.5 Å². The Morgan fingerprint density at radius 1 is 0.976 bits per heavy atom. The van der Waals surface area contributed by atoms with Gasteiger partial charge in [-0.1, -0.05) is 61.7 Å². The van der Waals surface area contributed by atoms with E-state index in [1.807, 2.05) is 18.2 Å². The third-order valence-electron chi connectivity index (χ3n) is 8.39. The summed E-state index contributed by atoms with van der Waals surface area (Å²) in [5.74, 6) is 1.72. The molecule has 230 valence electrons. The molecule has 2 aromatic rings. The third-order valence-corrected chi connectivity index (χ3v) is 9.02. The van der Waals surface area contributed by atoms with Crippen LogP contribution in [0.15, 0.2) is 35.4 Å². The predicted octanol–water partition coefficient (Wildman–Crippen LogP) is 6.61. The van der Waals surface area contributed by atoms with Crippen LogP contribution in [-0.4, -0.2) is 55.6 Å². The number of anilines is 1. The number of methoxy groups -OCH3 is 2. The number of carbonyl (C=O) groups is 1. The van der Waals surface area contributed by atoms with Crippen LogP contribution in [0.4, 0.5) is 5.69 Å². The second-order valence-corrected chi connectivity index (χ2v) is 12.1. The highest BCUT2D eigenvalue weighted by molar-refractivity contribution is 6.38. The van der Waals surface area contributed by atoms with Crippen LogP contribution in [0.5, 0.6) is 11.5 Å². The van der Waals surface area contributed by atoms with Crippen molar-refractivity contribution >= 4 is 40.5 Å². The fourth-order valence-corrected chi connectivity index (χ4v) is 6.50. The summed E-state index contributed by atoms with van der Waals surface area (Å²) in [6, 6.07) is 9.23. The maximum absolute atomic E-state index is 13.3. The smallest absolute Gasteiger partial charge is 0.246 e. The van der Waals surface area contributed by atoms with Gasteiger partial charge in [-0.2, -0.15) is 5.10 Å². The number of hydrazone groups is 1. The zero-order valence-electron chi connectivity index (χ0n) is 24.7. The van der Waals surface area contributed by atoms with Crippen LogP contribution in [0, 0.1) is 11.8 Å². The number of hydrogen-bond donors (Lipinski definition) is 3. The van der Waals surface area contributed by atoms with Gasteiger partial charge >= 0.3 is 0 Å². The molecule has 10 heteroatoms. The first-order valence-electron chi connectivity index (χ1n) is 15.1. The first-order chi connectivity index (χ1) is 20.3. The van der Waals surface area contributed by atoms with Gasteiger partial charge in [0.1, 0.15) is 0 Å². The lowest BCUT2D eigenvalue weighted by atomic mass is 9.73. The van der Waals surface area contributed by atoms with Gasteiger partial charge in [-0.25, -0.2) is 5.01 Å². The Kier molecular flexibility index (Phi) is 12.2. The van der Waals surface area contributed by atoms with E-state index in [-0.39, 0.29) is 17.7 Å². The largest absolute Gasteiger partial charge is 0.493 e. The number of nitrogens with one attached hydrogen (secondary N) is 1. The molecule has 1 heterocycles. The molecule has 2 aliphatic rings. The summed E-state index contributed by atoms with van der Waals surface area (Å²) in [6.07, 6.45) is 9.83. The van der Waals surface area contributed by atoms with E-state index in [1.165, 1.54) is 0 Å². The minimum absolute atomic E-state index is 0.0133. The third kappa shape index (κ3) is 8.10. The molecule has 1 fully saturated rings. The molecule has 2 aromatic carbocycles. The minimum atomic E-state index is -0.697. The number of hydrogen-bond acceptors (Lipinski definition) is 7. The molecule has 3 atom stereocenters. The second kappa shape index (κ2) is 15.8. The van der Waals surface area contributed by atoms with Gasteiger partial charge in [0.15, 0.2) is 11.5 Å². The van der Waals surface area contributed by atoms with E-state index in [0.29, 0.717) is 45.9 Å². The van der Waals surface area contributed by atoms with Gasteiger partial charge in [0.2, 0.25) is 5.91 Å². The number of carbonyl (C=O) groups excluding carboxylic acids is 1. The van der Waals surface area contributed by atoms with Crippen molar-refractivity contribution in [2.75, 3.05) is 39.6 Å². The van der Waals surface area contributed by atoms with Crippen molar-refractivity contribution in [1.29, 1.82) is 0 Å². The second-order valence-electron chi connectivity index (χ2n) is 11.3. The summed E-state index contributed by atoms with van der Waals surface area (Å²) in [7, 11) is 3.27. The molecule has 1 aliphatic heterocycles. The molecule has 8 nitrogen and oxygen atoms in total. The van der Waals surface area contributed by atoms with Crippen LogP contribution in [0.1, 0.15) is 81.4 Å². The average Bonchev–Trinajstić information content (AvgIpc) is 3.01. The highest BCUT2D eigenvalue weighted by Crippen LogP contribution is 2.39. The number of benzene rings is 2. The summed E-state index contributed by atoms with van der Waals surface area (Å²) in [6.45, 7) is 1.90. The van der Waals surface area contributed by atoms with Gasteiger partial charge < -0.3 is 25.6 Å². The Balaban J connectivity index is 1.19. The van der Waals surface area contributed by atoms with Gasteiger partial charge in [0.25, 0.3) is 0 Å². The van der Waals surface area contributed by atoms with E-state index in [9.17, 15) is 9.90 Å². The van der Waals surface area contributed by atoms with Crippen molar-refractivity contribution in [3.63, 3.8) is 0 Å². The summed E-state index contributed by atoms with van der Waals surface area (Å²) in [5.41, 5.74) is 8.75. The maximum atomic E-state index is 13.3. The Bertz CT molecular complexity index is 1220. The van der Waals surface area contributed by atoms with Crippen LogP contribution >= 0.6 is 23.2 Å². The molecule has 1 amide bonds. The maximum Gasteiger partial charge on any atom is 0.246 e. The van der Waals surface area contributed by atoms with E-state index < -0.39 is 6.10 Å². The number of rotatable bonds is 15. The number of ether oxygens (including phenoxy) is 2. The van der Waals surface area contributed by atoms with Crippen molar-refractivity contribution in [2.45, 2.75) is 70.3 Å². The van der Waals surface area contributed by atoms with Crippen molar-refractivity contribution in [3.05, 3.63) is 51.5 Å². The topological polar surface area (TPSA) is 109 Å². The molecule has 0 aromatic heterocycles. The summed E-state index contributed by atoms with van der Waals surface area (Å²) in [5, 5.41) is 21.1. The molecule has 0 bridgehead atoms. The SMILES string of the molecule is COc1ccc(C2=NN(CCCCCCCCNCC(O)c3cc(Cl)c(N)c(Cl)c3)C(=O)[C@@H]3CCCC[C@H]23)cc1OC. The summed E-state index contributed by atoms with van der Waals surface area (Å²) >= 11 is 12.1. The van der Waals surface area contributed by atoms with Crippen molar-refractivity contribution in [3.8, 4) is 11.5 Å². The molecule has 1 unspecified atom stereocenters. The fraction of sp³-hybridized carbons (Fsp3) is 0.562. The van der Waals surface area contributed by atoms with Crippen molar-refractivity contribution in [2.24, 2.45) is 16.9 Å². The lowest BCUT2D eigenvalue weighted by molar-refractivity contribution is -0.139. The number of aliphatic hydroxyl groups excluding tert-OH is 1. The van der Waals surface area contributed by atoms with E-state index in [2.05, 4.69) is 5.32 Å². The Morgan fingerprint density at radius 3 is 2.31 bits per heavy atom. The molecule has 1 aliphatic carbocycles. The normalized spacial score (nSPS) is 19.3. The van der Waals surface area contributed by atoms with Crippen LogP contribution in [0.2, 0.25) is 10.0 Å². The number of halogens is 2. The first kappa shape index (κ1) is 32.4. The number of aliphatic hydroxyl groups is 1. The van der Waals surface area contributed by atoms with Crippen LogP contribution in [0.3, 0.4) is 0 Å². The molecule has 4 rings (SSSR count). The van der Waals surface area contributed by atoms with E-state index >= 15 is 0 Å². The lowest BCUT2D eigenvalue weighted by Gasteiger charge is -2.38. The zero-order valence-corrected chi connectivity index (χ0v) is 26.2. The van der Waals surface area contributed by atoms with Crippen LogP contribution < -0.4 is 20.5 Å². The Hall–Kier alpha value is -2.52. The van der Waals surface area contributed by atoms with Gasteiger partial charge in [-0.15, -0.1) is 0 Å². The summed E-state index contributed by atoms with van der Waals surface area (Å²) < 4.78 is 11.0. The molecule has 42 heavy (non-hydrogen) atoms. The fourth-order valence-electron chi connectivity index (χ4n) is 6.00. The lowest BCUT2D eigenvalue weighted by Crippen LogP contribution is -2.46. The van der Waals surface area contributed by atoms with Crippen molar-refractivity contribution < 1.29 is 19.4 Å². The molecular formula is C32H44Cl2N4O4. The average molecular weight is 620 g/mol. The van der Waals surface area contributed by atoms with Crippen LogP contribution in [0.25, 0.3) is 0 Å². The molecular weight excluding hydrogens is 575 g/mol. The highest BCUT2D eigenvalue weighted by Gasteiger charge is 2.41. The standard InChI is InChI=1S/C32H44Cl2N4O4/c1-41-28-14-13-21(19-29(28)42-2)31-23-11-7-8-12-24(23)32(40)38(37-31)16-10-6-4-3-5-9-15-36-20-27(39)22-17-25(33)30(35)26(34)18-22/h13-14,17-19,23-24,27,36,39H,3-12,15-16,20,35H2,1-2H3/t23-,24+,27?/m0/s1. The first-order valence-corrected chi connectivity index (χ1v) is 15.8. The molecule has 1 saturated carbocycles. The van der Waals surface area contributed by atoms with Crippen molar-refractivity contribution in [1.82, 2.24) is 10.3 Å². The predicted molar refractivity (Wildman–Crippen MR) is 170 cm³/mol. The number of nitrogen functional groups attached to an aromatic ring is 1. The van der Waals surface area contributed by atoms with Gasteiger partial charge in [0, 0.05) is 30.5 Å². The monoisotopic (exact) mass is 618 g/mol. The van der Waals surface area contributed by atoms with Gasteiger partial charge in [-0.3, -0.25) is 4.79 Å². The quantitative estimate of drug-likeness (QED) is 0.153. The molecule has 0 radical (unpaired) electrons. The number of unbranched alkanes of at least 4 members (excludes halogenated alkanes) is 5. The number of nitrogens with two attached hydrogens (primary N) is 1. The molecule has 4 N–H and O–H groups in total. The van der Waals surface area contributed by atoms with E-state index in [1.54, 1.807) is 31.4 Å². The minimum Gasteiger partial charge on any atom is -0.493 e. The van der Waals surface area contributed by atoms with Gasteiger partial charge in [0.05, 0.1) is 41.8 Å². The number of fused-ring (bicyclic) bond motifs is 1. The Labute approximate surface area is 259 Å². The highest BCUT2D eigenvalue weighted by atomic mass is 35.5. The zero-order chi connectivity index (χ0) is 30.1. The number of amides is 1. The molecule has 0 saturated heterocycles. The number of nitrogens with zero attached hydrogens (tertiary/aromatic N) is 2. The molecule has 0 spiro atoms. The summed E-state index contributed by atoms with van der Waals surface area (Å²) in [4.78, 5) is 13.3. The Morgan fingerprint density at radius 2 is 1.62 bits per heavy atom. The van der Waals surface area contributed by atoms with E-state index in [0.717, 1.165) is 82.0 Å². The van der Waals surface area contributed by atoms with Crippen LogP contribution in [-0.2, 0) is 4.79 Å². The van der Waals surface area contributed by atoms with Gasteiger partial charge in [-0.05, 0) is 68.1 Å².